The molecule has 0 fully saturated rings. The van der Waals surface area contributed by atoms with Gasteiger partial charge >= 0.3 is 5.97 Å². The van der Waals surface area contributed by atoms with Crippen molar-refractivity contribution in [2.45, 2.75) is 12.8 Å². The first kappa shape index (κ1) is 11.3. The second-order valence-electron chi connectivity index (χ2n) is 3.61. The van der Waals surface area contributed by atoms with E-state index in [0.29, 0.717) is 18.6 Å². The predicted octanol–water partition coefficient (Wildman–Crippen LogP) is 2.30. The number of carbonyl (C=O) groups is 1. The number of carboxylic acid groups (broad SMARTS) is 1. The summed E-state index contributed by atoms with van der Waals surface area (Å²) in [5, 5.41) is 12.1. The molecule has 1 heterocycles. The van der Waals surface area contributed by atoms with Crippen LogP contribution in [0.15, 0.2) is 34.9 Å². The van der Waals surface area contributed by atoms with Crippen molar-refractivity contribution in [1.82, 2.24) is 5.16 Å². The van der Waals surface area contributed by atoms with Gasteiger partial charge in [0, 0.05) is 12.5 Å². The minimum Gasteiger partial charge on any atom is -0.476 e. The maximum absolute atomic E-state index is 12.6. The first-order valence-corrected chi connectivity index (χ1v) is 5.08. The number of carboxylic acids is 1. The van der Waals surface area contributed by atoms with Crippen LogP contribution in [0, 0.1) is 5.82 Å². The number of aryl methyl sites for hydroxylation is 2. The molecule has 4 nitrogen and oxygen atoms in total. The highest BCUT2D eigenvalue weighted by Crippen LogP contribution is 2.10. The minimum atomic E-state index is -1.11. The van der Waals surface area contributed by atoms with Crippen LogP contribution in [0.5, 0.6) is 0 Å². The van der Waals surface area contributed by atoms with E-state index in [2.05, 4.69) is 5.16 Å². The second-order valence-corrected chi connectivity index (χ2v) is 3.61. The first-order chi connectivity index (χ1) is 8.15. The highest BCUT2D eigenvalue weighted by molar-refractivity contribution is 5.85. The van der Waals surface area contributed by atoms with E-state index in [1.54, 1.807) is 12.1 Å². The van der Waals surface area contributed by atoms with Crippen LogP contribution >= 0.6 is 0 Å². The van der Waals surface area contributed by atoms with Gasteiger partial charge in [-0.05, 0) is 24.1 Å². The zero-order chi connectivity index (χ0) is 12.3. The summed E-state index contributed by atoms with van der Waals surface area (Å²) in [6, 6.07) is 7.54. The number of halogens is 1. The summed E-state index contributed by atoms with van der Waals surface area (Å²) in [6.07, 6.45) is 1.18. The third kappa shape index (κ3) is 2.90. The maximum atomic E-state index is 12.6. The normalized spacial score (nSPS) is 10.4. The monoisotopic (exact) mass is 235 g/mol. The molecule has 2 rings (SSSR count). The summed E-state index contributed by atoms with van der Waals surface area (Å²) < 4.78 is 17.5. The van der Waals surface area contributed by atoms with Crippen LogP contribution in [-0.2, 0) is 12.8 Å². The van der Waals surface area contributed by atoms with Gasteiger partial charge in [-0.25, -0.2) is 9.18 Å². The number of hydrogen-bond acceptors (Lipinski definition) is 3. The van der Waals surface area contributed by atoms with E-state index in [1.807, 2.05) is 0 Å². The summed E-state index contributed by atoms with van der Waals surface area (Å²) in [7, 11) is 0. The number of benzene rings is 1. The molecule has 1 aromatic heterocycles. The van der Waals surface area contributed by atoms with E-state index in [1.165, 1.54) is 18.2 Å². The van der Waals surface area contributed by atoms with Gasteiger partial charge in [0.25, 0.3) is 0 Å². The third-order valence-electron chi connectivity index (χ3n) is 2.35. The van der Waals surface area contributed by atoms with Crippen LogP contribution in [0.4, 0.5) is 4.39 Å². The fraction of sp³-hybridized carbons (Fsp3) is 0.167. The van der Waals surface area contributed by atoms with Gasteiger partial charge in [0.15, 0.2) is 5.69 Å². The van der Waals surface area contributed by atoms with Gasteiger partial charge in [-0.15, -0.1) is 0 Å². The van der Waals surface area contributed by atoms with E-state index >= 15 is 0 Å². The largest absolute Gasteiger partial charge is 0.476 e. The zero-order valence-electron chi connectivity index (χ0n) is 8.89. The highest BCUT2D eigenvalue weighted by Gasteiger charge is 2.10. The van der Waals surface area contributed by atoms with Gasteiger partial charge in [-0.2, -0.15) is 0 Å². The Morgan fingerprint density at radius 3 is 2.59 bits per heavy atom. The molecule has 0 atom stereocenters. The molecular weight excluding hydrogens is 225 g/mol. The molecular formula is C12H10FNO3. The molecule has 0 aliphatic carbocycles. The Labute approximate surface area is 96.7 Å². The van der Waals surface area contributed by atoms with Crippen molar-refractivity contribution in [3.8, 4) is 0 Å². The molecule has 1 aromatic carbocycles. The summed E-state index contributed by atoms with van der Waals surface area (Å²) in [5.41, 5.74) is 0.860. The molecule has 88 valence electrons. The molecule has 0 saturated heterocycles. The smallest absolute Gasteiger partial charge is 0.358 e. The van der Waals surface area contributed by atoms with Crippen LogP contribution in [0.3, 0.4) is 0 Å². The molecule has 2 aromatic rings. The predicted molar refractivity (Wildman–Crippen MR) is 57.3 cm³/mol. The lowest BCUT2D eigenvalue weighted by Crippen LogP contribution is -1.95. The summed E-state index contributed by atoms with van der Waals surface area (Å²) >= 11 is 0. The molecule has 0 unspecified atom stereocenters. The molecule has 1 N–H and O–H groups in total. The van der Waals surface area contributed by atoms with Gasteiger partial charge in [0.1, 0.15) is 11.6 Å². The van der Waals surface area contributed by atoms with E-state index in [0.717, 1.165) is 5.56 Å². The molecule has 17 heavy (non-hydrogen) atoms. The van der Waals surface area contributed by atoms with Gasteiger partial charge in [0.2, 0.25) is 0 Å². The lowest BCUT2D eigenvalue weighted by molar-refractivity contribution is 0.0685. The van der Waals surface area contributed by atoms with Gasteiger partial charge in [-0.3, -0.25) is 0 Å². The Morgan fingerprint density at radius 1 is 1.29 bits per heavy atom. The lowest BCUT2D eigenvalue weighted by atomic mass is 10.1. The van der Waals surface area contributed by atoms with Crippen molar-refractivity contribution in [2.75, 3.05) is 0 Å². The number of aromatic carboxylic acids is 1. The molecule has 0 spiro atoms. The Bertz CT molecular complexity index is 519. The van der Waals surface area contributed by atoms with Crippen LogP contribution in [0.1, 0.15) is 21.8 Å². The van der Waals surface area contributed by atoms with E-state index < -0.39 is 5.97 Å². The van der Waals surface area contributed by atoms with E-state index in [-0.39, 0.29) is 11.5 Å². The van der Waals surface area contributed by atoms with Crippen LogP contribution in [0.2, 0.25) is 0 Å². The summed E-state index contributed by atoms with van der Waals surface area (Å²) in [4.78, 5) is 10.6. The second kappa shape index (κ2) is 4.78. The fourth-order valence-electron chi connectivity index (χ4n) is 1.45. The Morgan fingerprint density at radius 2 is 2.00 bits per heavy atom. The Hall–Kier alpha value is -2.17. The molecule has 0 radical (unpaired) electrons. The van der Waals surface area contributed by atoms with Crippen LogP contribution < -0.4 is 0 Å². The fourth-order valence-corrected chi connectivity index (χ4v) is 1.45. The van der Waals surface area contributed by atoms with Crippen molar-refractivity contribution in [1.29, 1.82) is 0 Å². The van der Waals surface area contributed by atoms with Gasteiger partial charge in [0.05, 0.1) is 0 Å². The van der Waals surface area contributed by atoms with Gasteiger partial charge in [-0.1, -0.05) is 17.3 Å². The van der Waals surface area contributed by atoms with Crippen molar-refractivity contribution < 1.29 is 18.8 Å². The number of rotatable bonds is 4. The maximum Gasteiger partial charge on any atom is 0.358 e. The standard InChI is InChI=1S/C12H10FNO3/c13-9-4-1-8(2-5-9)3-6-10-7-11(12(15)16)14-17-10/h1-2,4-5,7H,3,6H2,(H,15,16). The Kier molecular flexibility index (Phi) is 3.18. The summed E-state index contributed by atoms with van der Waals surface area (Å²) in [5.74, 6) is -0.880. The number of nitrogens with zero attached hydrogens (tertiary/aromatic N) is 1. The minimum absolute atomic E-state index is 0.0980. The van der Waals surface area contributed by atoms with Crippen LogP contribution in [-0.4, -0.2) is 16.2 Å². The summed E-state index contributed by atoms with van der Waals surface area (Å²) in [6.45, 7) is 0. The lowest BCUT2D eigenvalue weighted by Gasteiger charge is -1.97. The highest BCUT2D eigenvalue weighted by atomic mass is 19.1. The molecule has 0 bridgehead atoms. The van der Waals surface area contributed by atoms with Crippen molar-refractivity contribution in [3.05, 3.63) is 53.2 Å². The quantitative estimate of drug-likeness (QED) is 0.883. The average Bonchev–Trinajstić information content (AvgIpc) is 2.77. The molecule has 5 heteroatoms. The van der Waals surface area contributed by atoms with Crippen molar-refractivity contribution in [2.24, 2.45) is 0 Å². The molecule has 0 saturated carbocycles. The molecule has 0 aliphatic heterocycles. The number of aromatic nitrogens is 1. The molecule has 0 aliphatic rings. The molecule has 0 amide bonds. The number of hydrogen-bond donors (Lipinski definition) is 1. The van der Waals surface area contributed by atoms with E-state index in [9.17, 15) is 9.18 Å². The van der Waals surface area contributed by atoms with Crippen LogP contribution in [0.25, 0.3) is 0 Å². The average molecular weight is 235 g/mol. The van der Waals surface area contributed by atoms with E-state index in [4.69, 9.17) is 9.63 Å². The van der Waals surface area contributed by atoms with Gasteiger partial charge < -0.3 is 9.63 Å². The zero-order valence-corrected chi connectivity index (χ0v) is 8.89. The topological polar surface area (TPSA) is 63.3 Å². The Balaban J connectivity index is 1.97. The van der Waals surface area contributed by atoms with Crippen molar-refractivity contribution in [3.63, 3.8) is 0 Å². The first-order valence-electron chi connectivity index (χ1n) is 5.08. The SMILES string of the molecule is O=C(O)c1cc(CCc2ccc(F)cc2)on1. The van der Waals surface area contributed by atoms with Crippen molar-refractivity contribution >= 4 is 5.97 Å². The third-order valence-corrected chi connectivity index (χ3v) is 2.35.